The van der Waals surface area contributed by atoms with Crippen molar-refractivity contribution >= 4 is 11.6 Å². The van der Waals surface area contributed by atoms with Gasteiger partial charge in [-0.3, -0.25) is 0 Å². The van der Waals surface area contributed by atoms with E-state index in [1.807, 2.05) is 65.6 Å². The monoisotopic (exact) mass is 368 g/mol. The summed E-state index contributed by atoms with van der Waals surface area (Å²) in [5.74, 6) is 0.805. The number of rotatable bonds is 6. The van der Waals surface area contributed by atoms with Crippen molar-refractivity contribution in [2.45, 2.75) is 13.1 Å². The molecule has 3 rings (SSSR count). The molecule has 0 spiro atoms. The molecule has 0 unspecified atom stereocenters. The summed E-state index contributed by atoms with van der Waals surface area (Å²) in [6.45, 7) is 1.09. The van der Waals surface area contributed by atoms with Crippen LogP contribution >= 0.6 is 0 Å². The Morgan fingerprint density at radius 3 is 1.57 bits per heavy atom. The molecule has 0 fully saturated rings. The lowest BCUT2D eigenvalue weighted by atomic mass is 10.1. The Morgan fingerprint density at radius 2 is 1.14 bits per heavy atom. The zero-order chi connectivity index (χ0) is 19.9. The molecule has 1 heterocycles. The van der Waals surface area contributed by atoms with E-state index in [-0.39, 0.29) is 11.4 Å². The third-order valence-corrected chi connectivity index (χ3v) is 4.23. The fourth-order valence-electron chi connectivity index (χ4n) is 2.91. The van der Waals surface area contributed by atoms with Gasteiger partial charge in [0.2, 0.25) is 0 Å². The van der Waals surface area contributed by atoms with Crippen molar-refractivity contribution in [3.05, 3.63) is 83.2 Å². The topological polar surface area (TPSA) is 79.8 Å². The van der Waals surface area contributed by atoms with E-state index in [1.54, 1.807) is 19.0 Å². The highest BCUT2D eigenvalue weighted by atomic mass is 15.2. The number of nitriles is 2. The lowest BCUT2D eigenvalue weighted by molar-refractivity contribution is 0.774. The van der Waals surface area contributed by atoms with E-state index >= 15 is 0 Å². The van der Waals surface area contributed by atoms with E-state index < -0.39 is 0 Å². The molecule has 1 aromatic heterocycles. The van der Waals surface area contributed by atoms with Crippen molar-refractivity contribution in [2.24, 2.45) is 0 Å². The van der Waals surface area contributed by atoms with Gasteiger partial charge in [0.05, 0.1) is 0 Å². The molecule has 0 atom stereocenters. The van der Waals surface area contributed by atoms with E-state index in [0.717, 1.165) is 11.1 Å². The van der Waals surface area contributed by atoms with E-state index in [4.69, 9.17) is 0 Å². The summed E-state index contributed by atoms with van der Waals surface area (Å²) in [6.07, 6.45) is 0. The third kappa shape index (κ3) is 4.25. The molecule has 0 aliphatic heterocycles. The predicted octanol–water partition coefficient (Wildman–Crippen LogP) is 3.49. The van der Waals surface area contributed by atoms with Crippen LogP contribution in [0.1, 0.15) is 22.5 Å². The quantitative estimate of drug-likeness (QED) is 0.662. The molecule has 0 amide bonds. The summed E-state index contributed by atoms with van der Waals surface area (Å²) in [5, 5.41) is 19.2. The molecule has 0 aliphatic carbocycles. The van der Waals surface area contributed by atoms with Crippen LogP contribution in [0.25, 0.3) is 0 Å². The number of nitrogens with zero attached hydrogens (tertiary/aromatic N) is 6. The Bertz CT molecular complexity index is 975. The second-order valence-electron chi connectivity index (χ2n) is 6.51. The van der Waals surface area contributed by atoms with Crippen LogP contribution in [-0.4, -0.2) is 24.1 Å². The standard InChI is InChI=1S/C22H20N6/c1-27(2)21-19(13-23)26-22(20(14-24)25-21)28(15-17-9-5-3-6-10-17)16-18-11-7-4-8-12-18/h3-12H,15-16H2,1-2H3. The first-order chi connectivity index (χ1) is 13.6. The molecule has 0 aliphatic rings. The maximum Gasteiger partial charge on any atom is 0.185 e. The van der Waals surface area contributed by atoms with Crippen LogP contribution in [0.3, 0.4) is 0 Å². The summed E-state index contributed by atoms with van der Waals surface area (Å²) >= 11 is 0. The van der Waals surface area contributed by atoms with Crippen LogP contribution in [0.5, 0.6) is 0 Å². The number of hydrogen-bond acceptors (Lipinski definition) is 6. The second-order valence-corrected chi connectivity index (χ2v) is 6.51. The van der Waals surface area contributed by atoms with E-state index in [1.165, 1.54) is 0 Å². The molecule has 3 aromatic rings. The first-order valence-corrected chi connectivity index (χ1v) is 8.84. The third-order valence-electron chi connectivity index (χ3n) is 4.23. The summed E-state index contributed by atoms with van der Waals surface area (Å²) in [4.78, 5) is 12.6. The molecule has 2 aromatic carbocycles. The lowest BCUT2D eigenvalue weighted by Crippen LogP contribution is -2.26. The summed E-state index contributed by atoms with van der Waals surface area (Å²) in [7, 11) is 3.55. The van der Waals surface area contributed by atoms with Crippen molar-refractivity contribution in [3.8, 4) is 12.1 Å². The van der Waals surface area contributed by atoms with E-state index in [2.05, 4.69) is 22.1 Å². The van der Waals surface area contributed by atoms with Gasteiger partial charge in [0, 0.05) is 27.2 Å². The average Bonchev–Trinajstić information content (AvgIpc) is 2.73. The van der Waals surface area contributed by atoms with Crippen molar-refractivity contribution in [2.75, 3.05) is 23.9 Å². The number of anilines is 2. The minimum Gasteiger partial charge on any atom is -0.360 e. The van der Waals surface area contributed by atoms with Crippen LogP contribution in [0, 0.1) is 22.7 Å². The Balaban J connectivity index is 2.08. The molecule has 0 radical (unpaired) electrons. The highest BCUT2D eigenvalue weighted by Crippen LogP contribution is 2.25. The van der Waals surface area contributed by atoms with Crippen LogP contribution in [0.2, 0.25) is 0 Å². The van der Waals surface area contributed by atoms with Gasteiger partial charge in [-0.25, -0.2) is 9.97 Å². The van der Waals surface area contributed by atoms with Gasteiger partial charge >= 0.3 is 0 Å². The number of hydrogen-bond donors (Lipinski definition) is 0. The SMILES string of the molecule is CN(C)c1nc(C#N)c(N(Cc2ccccc2)Cc2ccccc2)nc1C#N. The van der Waals surface area contributed by atoms with Gasteiger partial charge in [-0.1, -0.05) is 60.7 Å². The zero-order valence-corrected chi connectivity index (χ0v) is 15.9. The average molecular weight is 368 g/mol. The van der Waals surface area contributed by atoms with Crippen molar-refractivity contribution in [1.29, 1.82) is 10.5 Å². The second kappa shape index (κ2) is 8.66. The normalized spacial score (nSPS) is 10.0. The van der Waals surface area contributed by atoms with Crippen LogP contribution in [0.4, 0.5) is 11.6 Å². The Morgan fingerprint density at radius 1 is 0.714 bits per heavy atom. The number of benzene rings is 2. The van der Waals surface area contributed by atoms with E-state index in [0.29, 0.717) is 24.7 Å². The maximum atomic E-state index is 9.69. The van der Waals surface area contributed by atoms with Crippen molar-refractivity contribution in [1.82, 2.24) is 9.97 Å². The van der Waals surface area contributed by atoms with Crippen LogP contribution in [0.15, 0.2) is 60.7 Å². The van der Waals surface area contributed by atoms with Crippen molar-refractivity contribution < 1.29 is 0 Å². The van der Waals surface area contributed by atoms with Gasteiger partial charge in [-0.05, 0) is 11.1 Å². The van der Waals surface area contributed by atoms with Gasteiger partial charge in [0.1, 0.15) is 12.1 Å². The van der Waals surface area contributed by atoms with Gasteiger partial charge in [0.15, 0.2) is 23.0 Å². The molecule has 28 heavy (non-hydrogen) atoms. The van der Waals surface area contributed by atoms with Gasteiger partial charge < -0.3 is 9.80 Å². The molecule has 138 valence electrons. The maximum absolute atomic E-state index is 9.69. The summed E-state index contributed by atoms with van der Waals surface area (Å²) in [5.41, 5.74) is 2.57. The summed E-state index contributed by atoms with van der Waals surface area (Å²) in [6, 6.07) is 24.2. The molecule has 0 saturated heterocycles. The largest absolute Gasteiger partial charge is 0.360 e. The minimum absolute atomic E-state index is 0.199. The molecule has 0 bridgehead atoms. The highest BCUT2D eigenvalue weighted by molar-refractivity contribution is 5.60. The smallest absolute Gasteiger partial charge is 0.185 e. The van der Waals surface area contributed by atoms with Crippen LogP contribution < -0.4 is 9.80 Å². The van der Waals surface area contributed by atoms with Gasteiger partial charge in [0.25, 0.3) is 0 Å². The molecule has 6 heteroatoms. The fraction of sp³-hybridized carbons (Fsp3) is 0.182. The van der Waals surface area contributed by atoms with Crippen LogP contribution in [-0.2, 0) is 13.1 Å². The zero-order valence-electron chi connectivity index (χ0n) is 15.9. The highest BCUT2D eigenvalue weighted by Gasteiger charge is 2.20. The van der Waals surface area contributed by atoms with E-state index in [9.17, 15) is 10.5 Å². The molecule has 0 saturated carbocycles. The van der Waals surface area contributed by atoms with Gasteiger partial charge in [-0.2, -0.15) is 10.5 Å². The van der Waals surface area contributed by atoms with Crippen molar-refractivity contribution in [3.63, 3.8) is 0 Å². The molecular formula is C22H20N6. The molecular weight excluding hydrogens is 348 g/mol. The first kappa shape index (κ1) is 18.9. The Hall–Kier alpha value is -3.90. The Kier molecular flexibility index (Phi) is 5.84. The number of aromatic nitrogens is 2. The predicted molar refractivity (Wildman–Crippen MR) is 109 cm³/mol. The first-order valence-electron chi connectivity index (χ1n) is 8.84. The van der Waals surface area contributed by atoms with Gasteiger partial charge in [-0.15, -0.1) is 0 Å². The Labute approximate surface area is 164 Å². The molecule has 0 N–H and O–H groups in total. The summed E-state index contributed by atoms with van der Waals surface area (Å²) < 4.78 is 0. The minimum atomic E-state index is 0.199. The lowest BCUT2D eigenvalue weighted by Gasteiger charge is -2.25. The fourth-order valence-corrected chi connectivity index (χ4v) is 2.91. The molecule has 6 nitrogen and oxygen atoms in total.